The normalized spacial score (nSPS) is 12.6. The average Bonchev–Trinajstić information content (AvgIpc) is 2.95. The van der Waals surface area contributed by atoms with Crippen LogP contribution in [0.15, 0.2) is 24.3 Å². The van der Waals surface area contributed by atoms with Crippen molar-refractivity contribution in [2.45, 2.75) is 193 Å². The zero-order valence-electron chi connectivity index (χ0n) is 28.2. The zero-order valence-corrected chi connectivity index (χ0v) is 31.1. The van der Waals surface area contributed by atoms with Gasteiger partial charge in [-0.05, 0) is 64.2 Å². The molecule has 0 saturated carbocycles. The number of hydrogen-bond donors (Lipinski definition) is 4. The molecule has 4 N–H and O–H groups in total. The minimum atomic E-state index is -0.689. The van der Waals surface area contributed by atoms with Crippen molar-refractivity contribution in [1.82, 2.24) is 0 Å². The van der Waals surface area contributed by atoms with Gasteiger partial charge in [0.2, 0.25) is 0 Å². The van der Waals surface area contributed by atoms with Crippen molar-refractivity contribution < 1.29 is 49.5 Å². The molecule has 0 heterocycles. The van der Waals surface area contributed by atoms with Gasteiger partial charge >= 0.3 is 11.9 Å². The quantitative estimate of drug-likeness (QED) is 0.0346. The first-order chi connectivity index (χ1) is 20.3. The van der Waals surface area contributed by atoms with Crippen LogP contribution in [0.4, 0.5) is 0 Å². The predicted molar refractivity (Wildman–Crippen MR) is 177 cm³/mol. The van der Waals surface area contributed by atoms with Gasteiger partial charge in [-0.25, -0.2) is 0 Å². The van der Waals surface area contributed by atoms with Crippen molar-refractivity contribution in [1.29, 1.82) is 0 Å². The molecule has 2 atom stereocenters. The molecule has 0 saturated heterocycles. The summed E-state index contributed by atoms with van der Waals surface area (Å²) in [5.41, 5.74) is 0. The Morgan fingerprint density at radius 2 is 0.814 bits per heavy atom. The van der Waals surface area contributed by atoms with Gasteiger partial charge in [0.15, 0.2) is 0 Å². The summed E-state index contributed by atoms with van der Waals surface area (Å²) >= 11 is 0. The predicted octanol–water partition coefficient (Wildman–Crippen LogP) is 10.2. The van der Waals surface area contributed by atoms with Crippen molar-refractivity contribution >= 4 is 11.9 Å². The Labute approximate surface area is 278 Å². The van der Waals surface area contributed by atoms with Crippen LogP contribution < -0.4 is 0 Å². The van der Waals surface area contributed by atoms with E-state index in [1.807, 2.05) is 0 Å². The maximum atomic E-state index is 10.3. The van der Waals surface area contributed by atoms with Gasteiger partial charge in [0.1, 0.15) is 0 Å². The number of allylic oxidation sites excluding steroid dienone is 2. The Bertz CT molecular complexity index is 583. The van der Waals surface area contributed by atoms with E-state index in [9.17, 15) is 19.8 Å². The van der Waals surface area contributed by atoms with Crippen LogP contribution >= 0.6 is 0 Å². The molecule has 6 nitrogen and oxygen atoms in total. The first-order valence-corrected chi connectivity index (χ1v) is 17.4. The Hall–Kier alpha value is -1.04. The molecule has 0 aromatic rings. The molecule has 0 fully saturated rings. The standard InChI is InChI=1S/2C18H34O3.Zn/c2*1-2-3-4-11-14-17(19)15-12-9-7-5-6-8-10-13-16-18(20)21;/h2*9,12,17,19H,2-8,10-11,13-16H2,1H3,(H,20,21);/b2*12-9-;. The molecule has 0 spiro atoms. The number of unbranched alkanes of at least 4 members (excludes halogenated alkanes) is 16. The molecule has 0 aromatic carbocycles. The number of carbonyl (C=O) groups is 2. The maximum absolute atomic E-state index is 10.3. The number of aliphatic hydroxyl groups is 2. The third-order valence-electron chi connectivity index (χ3n) is 7.45. The summed E-state index contributed by atoms with van der Waals surface area (Å²) in [5.74, 6) is -1.38. The van der Waals surface area contributed by atoms with Gasteiger partial charge in [-0.1, -0.05) is 128 Å². The van der Waals surface area contributed by atoms with Crippen molar-refractivity contribution in [2.24, 2.45) is 0 Å². The third kappa shape index (κ3) is 45.5. The van der Waals surface area contributed by atoms with Crippen LogP contribution in [0, 0.1) is 0 Å². The second kappa shape index (κ2) is 39.0. The van der Waals surface area contributed by atoms with Crippen LogP contribution in [0.2, 0.25) is 0 Å². The van der Waals surface area contributed by atoms with E-state index < -0.39 is 11.9 Å². The van der Waals surface area contributed by atoms with Crippen LogP contribution in [-0.4, -0.2) is 44.6 Å². The summed E-state index contributed by atoms with van der Waals surface area (Å²) < 4.78 is 0. The molecule has 43 heavy (non-hydrogen) atoms. The molecule has 0 radical (unpaired) electrons. The number of carboxylic acids is 2. The SMILES string of the molecule is CCCCCCC(O)C/C=C\CCCCCCCC(=O)O.CCCCCCC(O)C/C=C\CCCCCCCC(=O)O.[Zn]. The van der Waals surface area contributed by atoms with Gasteiger partial charge in [-0.2, -0.15) is 0 Å². The fourth-order valence-corrected chi connectivity index (χ4v) is 4.73. The molecule has 0 aliphatic carbocycles. The molecule has 0 rings (SSSR count). The van der Waals surface area contributed by atoms with Gasteiger partial charge in [-0.15, -0.1) is 0 Å². The van der Waals surface area contributed by atoms with E-state index in [0.717, 1.165) is 103 Å². The maximum Gasteiger partial charge on any atom is 0.303 e. The van der Waals surface area contributed by atoms with E-state index in [0.29, 0.717) is 12.8 Å². The van der Waals surface area contributed by atoms with Gasteiger partial charge in [-0.3, -0.25) is 9.59 Å². The van der Waals surface area contributed by atoms with Crippen LogP contribution in [0.5, 0.6) is 0 Å². The summed E-state index contributed by atoms with van der Waals surface area (Å²) in [6.45, 7) is 4.40. The first kappa shape index (κ1) is 46.4. The van der Waals surface area contributed by atoms with Crippen molar-refractivity contribution in [2.75, 3.05) is 0 Å². The topological polar surface area (TPSA) is 115 Å². The number of rotatable bonds is 30. The largest absolute Gasteiger partial charge is 0.481 e. The number of hydrogen-bond acceptors (Lipinski definition) is 4. The van der Waals surface area contributed by atoms with Gasteiger partial charge in [0.05, 0.1) is 12.2 Å². The summed E-state index contributed by atoms with van der Waals surface area (Å²) in [7, 11) is 0. The minimum absolute atomic E-state index is 0. The monoisotopic (exact) mass is 660 g/mol. The summed E-state index contributed by atoms with van der Waals surface area (Å²) in [5, 5.41) is 36.6. The molecular weight excluding hydrogens is 594 g/mol. The molecule has 0 aliphatic heterocycles. The molecule has 2 unspecified atom stereocenters. The summed E-state index contributed by atoms with van der Waals surface area (Å²) in [6.07, 6.45) is 34.7. The van der Waals surface area contributed by atoms with Crippen LogP contribution in [0.3, 0.4) is 0 Å². The van der Waals surface area contributed by atoms with Crippen LogP contribution in [-0.2, 0) is 29.1 Å². The van der Waals surface area contributed by atoms with Crippen molar-refractivity contribution in [3.63, 3.8) is 0 Å². The van der Waals surface area contributed by atoms with E-state index in [1.54, 1.807) is 0 Å². The number of carboxylic acid groups (broad SMARTS) is 2. The molecule has 0 aromatic heterocycles. The van der Waals surface area contributed by atoms with E-state index in [1.165, 1.54) is 51.4 Å². The molecule has 250 valence electrons. The molecule has 0 amide bonds. The van der Waals surface area contributed by atoms with E-state index in [2.05, 4.69) is 38.2 Å². The van der Waals surface area contributed by atoms with Gasteiger partial charge < -0.3 is 20.4 Å². The Morgan fingerprint density at radius 1 is 0.488 bits per heavy atom. The second-order valence-corrected chi connectivity index (χ2v) is 11.8. The fourth-order valence-electron chi connectivity index (χ4n) is 4.73. The molecule has 0 bridgehead atoms. The average molecular weight is 662 g/mol. The first-order valence-electron chi connectivity index (χ1n) is 17.4. The summed E-state index contributed by atoms with van der Waals surface area (Å²) in [6, 6.07) is 0. The van der Waals surface area contributed by atoms with E-state index >= 15 is 0 Å². The molecule has 0 aliphatic rings. The molecular formula is C36H68O6Zn. The van der Waals surface area contributed by atoms with Crippen LogP contribution in [0.25, 0.3) is 0 Å². The number of aliphatic carboxylic acids is 2. The smallest absolute Gasteiger partial charge is 0.303 e. The Morgan fingerprint density at radius 3 is 1.16 bits per heavy atom. The van der Waals surface area contributed by atoms with Crippen molar-refractivity contribution in [3.05, 3.63) is 24.3 Å². The fraction of sp³-hybridized carbons (Fsp3) is 0.833. The van der Waals surface area contributed by atoms with Crippen LogP contribution in [0.1, 0.15) is 181 Å². The summed E-state index contributed by atoms with van der Waals surface area (Å²) in [4.78, 5) is 20.7. The van der Waals surface area contributed by atoms with E-state index in [4.69, 9.17) is 10.2 Å². The van der Waals surface area contributed by atoms with Gasteiger partial charge in [0.25, 0.3) is 0 Å². The second-order valence-electron chi connectivity index (χ2n) is 11.8. The van der Waals surface area contributed by atoms with E-state index in [-0.39, 0.29) is 31.7 Å². The molecule has 7 heteroatoms. The number of aliphatic hydroxyl groups excluding tert-OH is 2. The van der Waals surface area contributed by atoms with Gasteiger partial charge in [0, 0.05) is 32.3 Å². The van der Waals surface area contributed by atoms with Crippen molar-refractivity contribution in [3.8, 4) is 0 Å². The Balaban J connectivity index is -0.000000727. The zero-order chi connectivity index (χ0) is 31.5. The minimum Gasteiger partial charge on any atom is -0.481 e. The Kier molecular flexibility index (Phi) is 42.1. The third-order valence-corrected chi connectivity index (χ3v) is 7.45.